The van der Waals surface area contributed by atoms with E-state index in [4.69, 9.17) is 0 Å². The molecule has 2 unspecified atom stereocenters. The Labute approximate surface area is 165 Å². The molecule has 148 valence electrons. The standard InChI is InChI=1S/C18H27N7O.ClH/c1-12(2)17-21-16-6-5-13(11-25(16)23-17)20-18(26)15-7-9-24(22-15)14-4-3-8-19-10-14;/h7,9,12-14,19H,3-6,8,10-11H2,1-2H3,(H,20,26);1H. The van der Waals surface area contributed by atoms with Crippen molar-refractivity contribution in [2.24, 2.45) is 0 Å². The van der Waals surface area contributed by atoms with Gasteiger partial charge in [-0.15, -0.1) is 12.4 Å². The van der Waals surface area contributed by atoms with E-state index < -0.39 is 0 Å². The third-order valence-electron chi connectivity index (χ3n) is 5.21. The number of aryl methyl sites for hydroxylation is 1. The van der Waals surface area contributed by atoms with Crippen molar-refractivity contribution in [1.82, 2.24) is 35.2 Å². The van der Waals surface area contributed by atoms with E-state index in [2.05, 4.69) is 39.7 Å². The van der Waals surface area contributed by atoms with Crippen LogP contribution in [-0.4, -0.2) is 49.6 Å². The molecule has 1 amide bonds. The molecule has 8 nitrogen and oxygen atoms in total. The molecule has 0 aromatic carbocycles. The van der Waals surface area contributed by atoms with Crippen LogP contribution in [0.25, 0.3) is 0 Å². The third-order valence-corrected chi connectivity index (χ3v) is 5.21. The number of hydrogen-bond donors (Lipinski definition) is 2. The molecule has 0 spiro atoms. The van der Waals surface area contributed by atoms with Gasteiger partial charge in [0.25, 0.3) is 5.91 Å². The molecule has 1 saturated heterocycles. The molecular weight excluding hydrogens is 366 g/mol. The molecule has 0 aliphatic carbocycles. The van der Waals surface area contributed by atoms with Crippen molar-refractivity contribution < 1.29 is 4.79 Å². The number of carbonyl (C=O) groups is 1. The summed E-state index contributed by atoms with van der Waals surface area (Å²) in [5.74, 6) is 2.12. The smallest absolute Gasteiger partial charge is 0.272 e. The first-order valence-electron chi connectivity index (χ1n) is 9.60. The summed E-state index contributed by atoms with van der Waals surface area (Å²) in [7, 11) is 0. The number of halogens is 1. The fraction of sp³-hybridized carbons (Fsp3) is 0.667. The lowest BCUT2D eigenvalue weighted by Gasteiger charge is -2.23. The summed E-state index contributed by atoms with van der Waals surface area (Å²) in [5.41, 5.74) is 0.489. The summed E-state index contributed by atoms with van der Waals surface area (Å²) >= 11 is 0. The molecular formula is C18H28ClN7O. The van der Waals surface area contributed by atoms with Gasteiger partial charge in [-0.3, -0.25) is 9.48 Å². The van der Waals surface area contributed by atoms with Gasteiger partial charge in [-0.25, -0.2) is 9.67 Å². The lowest BCUT2D eigenvalue weighted by Crippen LogP contribution is -2.41. The first-order valence-corrected chi connectivity index (χ1v) is 9.60. The second kappa shape index (κ2) is 8.39. The maximum Gasteiger partial charge on any atom is 0.272 e. The van der Waals surface area contributed by atoms with Gasteiger partial charge < -0.3 is 10.6 Å². The van der Waals surface area contributed by atoms with E-state index in [1.165, 1.54) is 0 Å². The van der Waals surface area contributed by atoms with Crippen LogP contribution in [0.3, 0.4) is 0 Å². The van der Waals surface area contributed by atoms with Crippen molar-refractivity contribution in [3.05, 3.63) is 29.6 Å². The lowest BCUT2D eigenvalue weighted by atomic mass is 10.1. The molecule has 4 rings (SSSR count). The van der Waals surface area contributed by atoms with Gasteiger partial charge in [-0.2, -0.15) is 10.2 Å². The van der Waals surface area contributed by atoms with Gasteiger partial charge in [0.2, 0.25) is 0 Å². The fourth-order valence-corrected chi connectivity index (χ4v) is 3.67. The Morgan fingerprint density at radius 1 is 1.33 bits per heavy atom. The second-order valence-corrected chi connectivity index (χ2v) is 7.61. The summed E-state index contributed by atoms with van der Waals surface area (Å²) in [6, 6.07) is 2.22. The van der Waals surface area contributed by atoms with Crippen LogP contribution in [0.4, 0.5) is 0 Å². The Kier molecular flexibility index (Phi) is 6.16. The summed E-state index contributed by atoms with van der Waals surface area (Å²) in [5, 5.41) is 15.6. The van der Waals surface area contributed by atoms with Gasteiger partial charge in [-0.1, -0.05) is 13.8 Å². The molecule has 27 heavy (non-hydrogen) atoms. The number of nitrogens with zero attached hydrogens (tertiary/aromatic N) is 5. The van der Waals surface area contributed by atoms with Crippen molar-refractivity contribution in [1.29, 1.82) is 0 Å². The fourth-order valence-electron chi connectivity index (χ4n) is 3.67. The number of hydrogen-bond acceptors (Lipinski definition) is 5. The van der Waals surface area contributed by atoms with Gasteiger partial charge in [0.05, 0.1) is 12.6 Å². The van der Waals surface area contributed by atoms with E-state index in [0.29, 0.717) is 24.2 Å². The van der Waals surface area contributed by atoms with Gasteiger partial charge in [0.15, 0.2) is 5.82 Å². The highest BCUT2D eigenvalue weighted by Crippen LogP contribution is 2.18. The highest BCUT2D eigenvalue weighted by atomic mass is 35.5. The number of aromatic nitrogens is 5. The van der Waals surface area contributed by atoms with Gasteiger partial charge in [0, 0.05) is 31.1 Å². The molecule has 0 saturated carbocycles. The molecule has 2 aliphatic heterocycles. The molecule has 0 bridgehead atoms. The number of rotatable bonds is 4. The van der Waals surface area contributed by atoms with E-state index >= 15 is 0 Å². The van der Waals surface area contributed by atoms with Crippen LogP contribution in [0.1, 0.15) is 67.2 Å². The number of carbonyl (C=O) groups excluding carboxylic acids is 1. The zero-order valence-corrected chi connectivity index (χ0v) is 16.7. The Morgan fingerprint density at radius 2 is 2.19 bits per heavy atom. The van der Waals surface area contributed by atoms with Gasteiger partial charge in [-0.05, 0) is 31.9 Å². The molecule has 0 radical (unpaired) electrons. The van der Waals surface area contributed by atoms with Crippen molar-refractivity contribution in [3.63, 3.8) is 0 Å². The molecule has 4 heterocycles. The Hall–Kier alpha value is -1.93. The summed E-state index contributed by atoms with van der Waals surface area (Å²) < 4.78 is 3.86. The normalized spacial score (nSPS) is 22.2. The van der Waals surface area contributed by atoms with Crippen LogP contribution in [0.15, 0.2) is 12.3 Å². The van der Waals surface area contributed by atoms with Gasteiger partial charge >= 0.3 is 0 Å². The van der Waals surface area contributed by atoms with E-state index in [9.17, 15) is 4.79 Å². The number of fused-ring (bicyclic) bond motifs is 1. The highest BCUT2D eigenvalue weighted by molar-refractivity contribution is 5.92. The first kappa shape index (κ1) is 19.8. The minimum absolute atomic E-state index is 0. The minimum Gasteiger partial charge on any atom is -0.346 e. The molecule has 2 N–H and O–H groups in total. The van der Waals surface area contributed by atoms with Crippen LogP contribution in [0, 0.1) is 0 Å². The first-order chi connectivity index (χ1) is 12.6. The third kappa shape index (κ3) is 4.32. The zero-order chi connectivity index (χ0) is 18.1. The Balaban J connectivity index is 0.00000210. The van der Waals surface area contributed by atoms with E-state index in [1.807, 2.05) is 21.6 Å². The quantitative estimate of drug-likeness (QED) is 0.825. The highest BCUT2D eigenvalue weighted by Gasteiger charge is 2.25. The van der Waals surface area contributed by atoms with Crippen LogP contribution in [-0.2, 0) is 13.0 Å². The molecule has 1 fully saturated rings. The number of piperidine rings is 1. The van der Waals surface area contributed by atoms with Crippen molar-refractivity contribution in [3.8, 4) is 0 Å². The number of amides is 1. The molecule has 2 aliphatic rings. The summed E-state index contributed by atoms with van der Waals surface area (Å²) in [6.45, 7) is 6.85. The average Bonchev–Trinajstić information content (AvgIpc) is 3.29. The predicted octanol–water partition coefficient (Wildman–Crippen LogP) is 1.69. The monoisotopic (exact) mass is 393 g/mol. The molecule has 2 atom stereocenters. The van der Waals surface area contributed by atoms with Gasteiger partial charge in [0.1, 0.15) is 11.5 Å². The van der Waals surface area contributed by atoms with Crippen LogP contribution in [0.2, 0.25) is 0 Å². The maximum absolute atomic E-state index is 12.6. The lowest BCUT2D eigenvalue weighted by molar-refractivity contribution is 0.0919. The minimum atomic E-state index is -0.106. The van der Waals surface area contributed by atoms with Crippen molar-refractivity contribution in [2.75, 3.05) is 13.1 Å². The molecule has 2 aromatic heterocycles. The van der Waals surface area contributed by atoms with E-state index in [1.54, 1.807) is 0 Å². The average molecular weight is 394 g/mol. The largest absolute Gasteiger partial charge is 0.346 e. The molecule has 9 heteroatoms. The Morgan fingerprint density at radius 3 is 2.93 bits per heavy atom. The zero-order valence-electron chi connectivity index (χ0n) is 15.9. The topological polar surface area (TPSA) is 89.7 Å². The Bertz CT molecular complexity index is 779. The van der Waals surface area contributed by atoms with Crippen molar-refractivity contribution >= 4 is 18.3 Å². The van der Waals surface area contributed by atoms with Crippen LogP contribution >= 0.6 is 12.4 Å². The van der Waals surface area contributed by atoms with Crippen LogP contribution < -0.4 is 10.6 Å². The van der Waals surface area contributed by atoms with Crippen molar-refractivity contribution in [2.45, 2.75) is 64.1 Å². The van der Waals surface area contributed by atoms with Crippen LogP contribution in [0.5, 0.6) is 0 Å². The molecule has 2 aromatic rings. The summed E-state index contributed by atoms with van der Waals surface area (Å²) in [4.78, 5) is 17.2. The SMILES string of the molecule is CC(C)c1nc2n(n1)CC(NC(=O)c1ccn(C3CCCNC3)n1)CC2.Cl. The van der Waals surface area contributed by atoms with E-state index in [-0.39, 0.29) is 24.4 Å². The van der Waals surface area contributed by atoms with E-state index in [0.717, 1.165) is 50.4 Å². The summed E-state index contributed by atoms with van der Waals surface area (Å²) in [6.07, 6.45) is 5.89. The predicted molar refractivity (Wildman–Crippen MR) is 104 cm³/mol. The second-order valence-electron chi connectivity index (χ2n) is 7.61. The maximum atomic E-state index is 12.6. The number of nitrogens with one attached hydrogen (secondary N) is 2.